The Morgan fingerprint density at radius 2 is 2.00 bits per heavy atom. The number of fused-ring (bicyclic) bond motifs is 1. The minimum Gasteiger partial charge on any atom is -0.354 e. The van der Waals surface area contributed by atoms with Crippen LogP contribution in [0.5, 0.6) is 0 Å². The maximum atomic E-state index is 12.8. The van der Waals surface area contributed by atoms with Crippen molar-refractivity contribution in [2.75, 3.05) is 11.4 Å². The van der Waals surface area contributed by atoms with Crippen molar-refractivity contribution in [2.24, 2.45) is 5.73 Å². The van der Waals surface area contributed by atoms with E-state index >= 15 is 0 Å². The average molecular weight is 317 g/mol. The number of amides is 2. The molecule has 0 saturated carbocycles. The molecule has 5 nitrogen and oxygen atoms in total. The third-order valence-electron chi connectivity index (χ3n) is 4.53. The van der Waals surface area contributed by atoms with E-state index in [2.05, 4.69) is 12.2 Å². The predicted octanol–water partition coefficient (Wildman–Crippen LogP) is 2.16. The number of hydrogen-bond donors (Lipinski definition) is 2. The fourth-order valence-corrected chi connectivity index (χ4v) is 3.08. The molecule has 0 aromatic heterocycles. The minimum atomic E-state index is -0.584. The van der Waals surface area contributed by atoms with Crippen LogP contribution in [0.2, 0.25) is 0 Å². The van der Waals surface area contributed by atoms with Gasteiger partial charge in [-0.3, -0.25) is 14.5 Å². The molecule has 2 amide bonds. The van der Waals surface area contributed by atoms with Crippen molar-refractivity contribution in [1.29, 1.82) is 0 Å². The topological polar surface area (TPSA) is 75.4 Å². The second kappa shape index (κ2) is 7.59. The van der Waals surface area contributed by atoms with Crippen LogP contribution in [0.3, 0.4) is 0 Å². The van der Waals surface area contributed by atoms with Crippen LogP contribution in [0.15, 0.2) is 24.3 Å². The molecule has 0 spiro atoms. The van der Waals surface area contributed by atoms with E-state index in [9.17, 15) is 9.59 Å². The van der Waals surface area contributed by atoms with Gasteiger partial charge in [0, 0.05) is 18.2 Å². The fraction of sp³-hybridized carbons (Fsp3) is 0.556. The number of nitrogens with one attached hydrogen (secondary N) is 1. The summed E-state index contributed by atoms with van der Waals surface area (Å²) in [5.41, 5.74) is 7.80. The lowest BCUT2D eigenvalue weighted by Gasteiger charge is -2.28. The van der Waals surface area contributed by atoms with Gasteiger partial charge in [0.05, 0.1) is 6.04 Å². The van der Waals surface area contributed by atoms with Crippen LogP contribution in [-0.2, 0) is 9.59 Å². The van der Waals surface area contributed by atoms with Gasteiger partial charge in [0.15, 0.2) is 0 Å². The molecule has 23 heavy (non-hydrogen) atoms. The van der Waals surface area contributed by atoms with Gasteiger partial charge in [-0.15, -0.1) is 0 Å². The lowest BCUT2D eigenvalue weighted by Crippen LogP contribution is -2.53. The molecule has 1 aromatic carbocycles. The maximum Gasteiger partial charge on any atom is 0.244 e. The lowest BCUT2D eigenvalue weighted by molar-refractivity contribution is -0.127. The Morgan fingerprint density at radius 3 is 2.65 bits per heavy atom. The molecular formula is C18H27N3O2. The second-order valence-corrected chi connectivity index (χ2v) is 6.16. The zero-order chi connectivity index (χ0) is 17.0. The van der Waals surface area contributed by atoms with Gasteiger partial charge < -0.3 is 11.1 Å². The van der Waals surface area contributed by atoms with Crippen molar-refractivity contribution in [2.45, 2.75) is 58.0 Å². The Kier molecular flexibility index (Phi) is 5.77. The molecule has 1 aliphatic rings. The molecule has 3 N–H and O–H groups in total. The van der Waals surface area contributed by atoms with Gasteiger partial charge in [-0.2, -0.15) is 0 Å². The van der Waals surface area contributed by atoms with E-state index in [0.29, 0.717) is 13.0 Å². The van der Waals surface area contributed by atoms with E-state index < -0.39 is 12.1 Å². The van der Waals surface area contributed by atoms with Gasteiger partial charge >= 0.3 is 0 Å². The molecule has 3 atom stereocenters. The third kappa shape index (κ3) is 3.39. The molecule has 0 unspecified atom stereocenters. The maximum absolute atomic E-state index is 12.8. The van der Waals surface area contributed by atoms with Gasteiger partial charge in [0.2, 0.25) is 11.8 Å². The van der Waals surface area contributed by atoms with E-state index in [1.54, 1.807) is 4.90 Å². The minimum absolute atomic E-state index is 0.0409. The highest BCUT2D eigenvalue weighted by atomic mass is 16.2. The monoisotopic (exact) mass is 317 g/mol. The molecule has 2 rings (SSSR count). The molecule has 0 aliphatic carbocycles. The van der Waals surface area contributed by atoms with Gasteiger partial charge in [-0.05, 0) is 24.5 Å². The highest BCUT2D eigenvalue weighted by molar-refractivity contribution is 6.06. The van der Waals surface area contributed by atoms with Crippen molar-refractivity contribution < 1.29 is 9.59 Å². The summed E-state index contributed by atoms with van der Waals surface area (Å²) in [5.74, 6) is -0.320. The zero-order valence-corrected chi connectivity index (χ0v) is 14.2. The number of nitrogens with two attached hydrogens (primary N) is 1. The quantitative estimate of drug-likeness (QED) is 0.790. The average Bonchev–Trinajstić information content (AvgIpc) is 2.87. The standard InChI is InChI=1S/C18H27N3O2/c1-4-6-11-20-17(22)16-12(3)13-9-7-8-10-15(13)21(16)18(23)14(19)5-2/h7-10,12,14,16H,4-6,11,19H2,1-3H3,(H,20,22)/t12-,14-,16-/m0/s1. The SMILES string of the molecule is CCCCNC(=O)[C@@H]1[C@@H](C)c2ccccc2N1C(=O)[C@@H](N)CC. The summed E-state index contributed by atoms with van der Waals surface area (Å²) in [6.45, 7) is 6.59. The number of nitrogens with zero attached hydrogens (tertiary/aromatic N) is 1. The first-order chi connectivity index (χ1) is 11.0. The van der Waals surface area contributed by atoms with E-state index in [-0.39, 0.29) is 17.7 Å². The number of carbonyl (C=O) groups is 2. The smallest absolute Gasteiger partial charge is 0.244 e. The van der Waals surface area contributed by atoms with Crippen molar-refractivity contribution in [1.82, 2.24) is 5.32 Å². The molecular weight excluding hydrogens is 290 g/mol. The first-order valence-corrected chi connectivity index (χ1v) is 8.48. The normalized spacial score (nSPS) is 21.0. The van der Waals surface area contributed by atoms with Crippen LogP contribution in [0.1, 0.15) is 51.5 Å². The number of benzene rings is 1. The van der Waals surface area contributed by atoms with Gasteiger partial charge in [-0.1, -0.05) is 45.4 Å². The van der Waals surface area contributed by atoms with Gasteiger partial charge in [0.1, 0.15) is 6.04 Å². The summed E-state index contributed by atoms with van der Waals surface area (Å²) >= 11 is 0. The lowest BCUT2D eigenvalue weighted by atomic mass is 9.96. The zero-order valence-electron chi connectivity index (χ0n) is 14.2. The first kappa shape index (κ1) is 17.5. The number of unbranched alkanes of at least 4 members (excludes halogenated alkanes) is 1. The number of hydrogen-bond acceptors (Lipinski definition) is 3. The van der Waals surface area contributed by atoms with Crippen LogP contribution in [0.4, 0.5) is 5.69 Å². The van der Waals surface area contributed by atoms with Crippen molar-refractivity contribution in [3.63, 3.8) is 0 Å². The molecule has 0 saturated heterocycles. The number of anilines is 1. The first-order valence-electron chi connectivity index (χ1n) is 8.48. The third-order valence-corrected chi connectivity index (χ3v) is 4.53. The van der Waals surface area contributed by atoms with Crippen LogP contribution < -0.4 is 16.0 Å². The summed E-state index contributed by atoms with van der Waals surface area (Å²) in [5, 5.41) is 2.96. The van der Waals surface area contributed by atoms with Gasteiger partial charge in [-0.25, -0.2) is 0 Å². The Morgan fingerprint density at radius 1 is 1.30 bits per heavy atom. The van der Waals surface area contributed by atoms with Crippen LogP contribution >= 0.6 is 0 Å². The summed E-state index contributed by atoms with van der Waals surface area (Å²) in [4.78, 5) is 27.0. The summed E-state index contributed by atoms with van der Waals surface area (Å²) in [6, 6.07) is 6.60. The highest BCUT2D eigenvalue weighted by Gasteiger charge is 2.44. The van der Waals surface area contributed by atoms with E-state index in [4.69, 9.17) is 5.73 Å². The molecule has 1 aromatic rings. The van der Waals surface area contributed by atoms with Crippen molar-refractivity contribution >= 4 is 17.5 Å². The molecule has 126 valence electrons. The summed E-state index contributed by atoms with van der Waals surface area (Å²) < 4.78 is 0. The Bertz CT molecular complexity index is 573. The number of carbonyl (C=O) groups excluding carboxylic acids is 2. The van der Waals surface area contributed by atoms with E-state index in [1.165, 1.54) is 0 Å². The molecule has 0 bridgehead atoms. The highest BCUT2D eigenvalue weighted by Crippen LogP contribution is 2.41. The fourth-order valence-electron chi connectivity index (χ4n) is 3.08. The van der Waals surface area contributed by atoms with Crippen LogP contribution in [-0.4, -0.2) is 30.4 Å². The van der Waals surface area contributed by atoms with Gasteiger partial charge in [0.25, 0.3) is 0 Å². The van der Waals surface area contributed by atoms with Crippen LogP contribution in [0, 0.1) is 0 Å². The van der Waals surface area contributed by atoms with Crippen molar-refractivity contribution in [3.05, 3.63) is 29.8 Å². The molecule has 0 fully saturated rings. The summed E-state index contributed by atoms with van der Waals surface area (Å²) in [6.07, 6.45) is 2.50. The van der Waals surface area contributed by atoms with Crippen LogP contribution in [0.25, 0.3) is 0 Å². The number of rotatable bonds is 6. The van der Waals surface area contributed by atoms with E-state index in [1.807, 2.05) is 38.1 Å². The molecule has 0 radical (unpaired) electrons. The Hall–Kier alpha value is -1.88. The van der Waals surface area contributed by atoms with E-state index in [0.717, 1.165) is 24.1 Å². The Labute approximate surface area is 138 Å². The second-order valence-electron chi connectivity index (χ2n) is 6.16. The Balaban J connectivity index is 2.32. The molecule has 1 heterocycles. The largest absolute Gasteiger partial charge is 0.354 e. The van der Waals surface area contributed by atoms with Crippen molar-refractivity contribution in [3.8, 4) is 0 Å². The summed E-state index contributed by atoms with van der Waals surface area (Å²) in [7, 11) is 0. The number of para-hydroxylation sites is 1. The molecule has 5 heteroatoms. The molecule has 1 aliphatic heterocycles. The predicted molar refractivity (Wildman–Crippen MR) is 92.3 cm³/mol.